The summed E-state index contributed by atoms with van der Waals surface area (Å²) in [6, 6.07) is 17.1. The number of aromatic nitrogens is 1. The third-order valence-electron chi connectivity index (χ3n) is 5.89. The number of aryl methyl sites for hydroxylation is 1. The molecule has 2 unspecified atom stereocenters. The van der Waals surface area contributed by atoms with Crippen LogP contribution in [0.1, 0.15) is 30.2 Å². The van der Waals surface area contributed by atoms with Gasteiger partial charge in [-0.1, -0.05) is 36.4 Å². The summed E-state index contributed by atoms with van der Waals surface area (Å²) in [5.41, 5.74) is 6.28. The Labute approximate surface area is 147 Å². The third-order valence-corrected chi connectivity index (χ3v) is 5.89. The molecule has 0 radical (unpaired) electrons. The maximum absolute atomic E-state index is 13.4. The lowest BCUT2D eigenvalue weighted by molar-refractivity contribution is -0.123. The zero-order chi connectivity index (χ0) is 17.0. The van der Waals surface area contributed by atoms with E-state index in [9.17, 15) is 4.79 Å². The zero-order valence-corrected chi connectivity index (χ0v) is 14.5. The largest absolute Gasteiger partial charge is 0.358 e. The van der Waals surface area contributed by atoms with Crippen molar-refractivity contribution in [3.8, 4) is 0 Å². The van der Waals surface area contributed by atoms with Gasteiger partial charge in [0, 0.05) is 34.2 Å². The van der Waals surface area contributed by atoms with Crippen LogP contribution >= 0.6 is 0 Å². The number of carbonyl (C=O) groups excluding carboxylic acids is 1. The molecule has 0 fully saturated rings. The number of carbonyl (C=O) groups is 1. The summed E-state index contributed by atoms with van der Waals surface area (Å²) >= 11 is 0. The molecule has 3 aromatic rings. The molecule has 5 rings (SSSR count). The van der Waals surface area contributed by atoms with Crippen LogP contribution < -0.4 is 4.90 Å². The Morgan fingerprint density at radius 1 is 1.08 bits per heavy atom. The highest BCUT2D eigenvalue weighted by Gasteiger charge is 2.36. The Balaban J connectivity index is 1.48. The van der Waals surface area contributed by atoms with Crippen molar-refractivity contribution in [2.24, 2.45) is 5.92 Å². The average Bonchev–Trinajstić information content (AvgIpc) is 3.17. The van der Waals surface area contributed by atoms with E-state index in [4.69, 9.17) is 0 Å². The third kappa shape index (κ3) is 2.22. The summed E-state index contributed by atoms with van der Waals surface area (Å²) < 4.78 is 0. The minimum Gasteiger partial charge on any atom is -0.358 e. The molecular formula is C22H22N2O. The van der Waals surface area contributed by atoms with Crippen LogP contribution in [0.2, 0.25) is 0 Å². The molecule has 1 aromatic heterocycles. The number of nitrogens with one attached hydrogen (secondary N) is 1. The van der Waals surface area contributed by atoms with E-state index in [2.05, 4.69) is 59.3 Å². The summed E-state index contributed by atoms with van der Waals surface area (Å²) in [7, 11) is 0. The minimum absolute atomic E-state index is 0.0836. The molecule has 2 heterocycles. The van der Waals surface area contributed by atoms with E-state index < -0.39 is 0 Å². The first-order valence-corrected chi connectivity index (χ1v) is 9.22. The summed E-state index contributed by atoms with van der Waals surface area (Å²) in [5.74, 6) is 0.383. The molecule has 0 saturated carbocycles. The molecule has 0 bridgehead atoms. The molecular weight excluding hydrogens is 308 g/mol. The number of rotatable bonds is 1. The molecule has 126 valence electrons. The predicted molar refractivity (Wildman–Crippen MR) is 101 cm³/mol. The number of hydrogen-bond donors (Lipinski definition) is 1. The van der Waals surface area contributed by atoms with E-state index in [-0.39, 0.29) is 12.0 Å². The fourth-order valence-electron chi connectivity index (χ4n) is 4.68. The second kappa shape index (κ2) is 5.48. The zero-order valence-electron chi connectivity index (χ0n) is 14.5. The number of amides is 1. The molecule has 1 aliphatic carbocycles. The highest BCUT2D eigenvalue weighted by Crippen LogP contribution is 2.37. The van der Waals surface area contributed by atoms with Crippen LogP contribution in [0, 0.1) is 5.92 Å². The van der Waals surface area contributed by atoms with Gasteiger partial charge >= 0.3 is 0 Å². The standard InChI is InChI=1S/C22H22N2O/c1-14-12-15-6-2-5-9-21(15)24(14)22(25)16-10-11-20-18(13-16)17-7-3-4-8-19(17)23-20/h2-9,14,16,23H,10-13H2,1H3. The molecule has 0 saturated heterocycles. The number of nitrogens with zero attached hydrogens (tertiary/aromatic N) is 1. The molecule has 3 nitrogen and oxygen atoms in total. The fourth-order valence-corrected chi connectivity index (χ4v) is 4.68. The Morgan fingerprint density at radius 2 is 1.88 bits per heavy atom. The van der Waals surface area contributed by atoms with Crippen molar-refractivity contribution in [2.75, 3.05) is 4.90 Å². The Bertz CT molecular complexity index is 971. The SMILES string of the molecule is CC1Cc2ccccc2N1C(=O)C1CCc2[nH]c3ccccc3c2C1. The van der Waals surface area contributed by atoms with Crippen LogP contribution in [0.4, 0.5) is 5.69 Å². The van der Waals surface area contributed by atoms with Crippen LogP contribution in [0.3, 0.4) is 0 Å². The van der Waals surface area contributed by atoms with Crippen LogP contribution in [0.25, 0.3) is 10.9 Å². The number of para-hydroxylation sites is 2. The number of aromatic amines is 1. The van der Waals surface area contributed by atoms with Gasteiger partial charge < -0.3 is 9.88 Å². The maximum Gasteiger partial charge on any atom is 0.230 e. The van der Waals surface area contributed by atoms with Crippen molar-refractivity contribution < 1.29 is 4.79 Å². The van der Waals surface area contributed by atoms with E-state index in [1.54, 1.807) is 0 Å². The van der Waals surface area contributed by atoms with Crippen molar-refractivity contribution >= 4 is 22.5 Å². The highest BCUT2D eigenvalue weighted by molar-refractivity contribution is 5.98. The number of anilines is 1. The average molecular weight is 330 g/mol. The van der Waals surface area contributed by atoms with Gasteiger partial charge in [-0.3, -0.25) is 4.79 Å². The molecule has 1 aliphatic heterocycles. The lowest BCUT2D eigenvalue weighted by Gasteiger charge is -2.30. The van der Waals surface area contributed by atoms with Crippen LogP contribution in [0.5, 0.6) is 0 Å². The molecule has 2 aliphatic rings. The van der Waals surface area contributed by atoms with Crippen molar-refractivity contribution in [2.45, 2.75) is 38.6 Å². The van der Waals surface area contributed by atoms with E-state index in [1.165, 1.54) is 27.7 Å². The van der Waals surface area contributed by atoms with Crippen LogP contribution in [-0.2, 0) is 24.1 Å². The second-order valence-electron chi connectivity index (χ2n) is 7.46. The molecule has 1 N–H and O–H groups in total. The normalized spacial score (nSPS) is 22.0. The predicted octanol–water partition coefficient (Wildman–Crippen LogP) is 4.25. The highest BCUT2D eigenvalue weighted by atomic mass is 16.2. The second-order valence-corrected chi connectivity index (χ2v) is 7.46. The first-order chi connectivity index (χ1) is 12.2. The molecule has 25 heavy (non-hydrogen) atoms. The minimum atomic E-state index is 0.0836. The smallest absolute Gasteiger partial charge is 0.230 e. The van der Waals surface area contributed by atoms with Gasteiger partial charge in [-0.05, 0) is 55.9 Å². The topological polar surface area (TPSA) is 36.1 Å². The van der Waals surface area contributed by atoms with Gasteiger partial charge in [-0.2, -0.15) is 0 Å². The fraction of sp³-hybridized carbons (Fsp3) is 0.318. The Kier molecular flexibility index (Phi) is 3.24. The van der Waals surface area contributed by atoms with Crippen LogP contribution in [0.15, 0.2) is 48.5 Å². The van der Waals surface area contributed by atoms with Gasteiger partial charge in [0.2, 0.25) is 5.91 Å². The molecule has 3 heteroatoms. The van der Waals surface area contributed by atoms with Crippen molar-refractivity contribution in [1.82, 2.24) is 4.98 Å². The van der Waals surface area contributed by atoms with Gasteiger partial charge in [-0.15, -0.1) is 0 Å². The van der Waals surface area contributed by atoms with Gasteiger partial charge in [0.1, 0.15) is 0 Å². The van der Waals surface area contributed by atoms with E-state index >= 15 is 0 Å². The van der Waals surface area contributed by atoms with E-state index in [1.807, 2.05) is 6.07 Å². The number of fused-ring (bicyclic) bond motifs is 4. The van der Waals surface area contributed by atoms with Gasteiger partial charge in [0.05, 0.1) is 0 Å². The summed E-state index contributed by atoms with van der Waals surface area (Å²) in [6.45, 7) is 2.16. The summed E-state index contributed by atoms with van der Waals surface area (Å²) in [6.07, 6.45) is 3.71. The van der Waals surface area contributed by atoms with Crippen molar-refractivity contribution in [3.05, 3.63) is 65.4 Å². The summed E-state index contributed by atoms with van der Waals surface area (Å²) in [4.78, 5) is 19.0. The Morgan fingerprint density at radius 3 is 2.80 bits per heavy atom. The quantitative estimate of drug-likeness (QED) is 0.711. The molecule has 1 amide bonds. The van der Waals surface area contributed by atoms with Crippen molar-refractivity contribution in [1.29, 1.82) is 0 Å². The van der Waals surface area contributed by atoms with Gasteiger partial charge in [-0.25, -0.2) is 0 Å². The van der Waals surface area contributed by atoms with Crippen molar-refractivity contribution in [3.63, 3.8) is 0 Å². The molecule has 0 spiro atoms. The Hall–Kier alpha value is -2.55. The van der Waals surface area contributed by atoms with E-state index in [0.29, 0.717) is 5.91 Å². The maximum atomic E-state index is 13.4. The van der Waals surface area contributed by atoms with E-state index in [0.717, 1.165) is 31.4 Å². The lowest BCUT2D eigenvalue weighted by Crippen LogP contribution is -2.41. The molecule has 2 atom stereocenters. The molecule has 2 aromatic carbocycles. The number of H-pyrrole nitrogens is 1. The van der Waals surface area contributed by atoms with Gasteiger partial charge in [0.15, 0.2) is 0 Å². The number of benzene rings is 2. The monoisotopic (exact) mass is 330 g/mol. The first-order valence-electron chi connectivity index (χ1n) is 9.22. The lowest BCUT2D eigenvalue weighted by atomic mass is 9.85. The van der Waals surface area contributed by atoms with Gasteiger partial charge in [0.25, 0.3) is 0 Å². The summed E-state index contributed by atoms with van der Waals surface area (Å²) in [5, 5.41) is 1.28. The number of hydrogen-bond acceptors (Lipinski definition) is 1. The first kappa shape index (κ1) is 14.8. The van der Waals surface area contributed by atoms with Crippen LogP contribution in [-0.4, -0.2) is 16.9 Å².